The standard InChI is InChI=1S/C17H17N5OS/c1-3-4-10-5-11(9-20-8-10)16-12(18)6-14(24-16)13-7-15(23)22(2)17(19)21-13/h5-6,8-9,13H,7,18H2,1-2H3,(H2,19,21)/t13-/m0/s1. The van der Waals surface area contributed by atoms with Crippen molar-refractivity contribution in [1.29, 1.82) is 5.41 Å². The molecule has 122 valence electrons. The first-order chi connectivity index (χ1) is 11.5. The Labute approximate surface area is 144 Å². The van der Waals surface area contributed by atoms with Crippen LogP contribution in [-0.4, -0.2) is 28.8 Å². The topological polar surface area (TPSA) is 95.1 Å². The highest BCUT2D eigenvalue weighted by molar-refractivity contribution is 7.16. The number of hydrogen-bond acceptors (Lipinski definition) is 5. The number of carbonyl (C=O) groups is 1. The third-order valence-electron chi connectivity index (χ3n) is 3.79. The van der Waals surface area contributed by atoms with Crippen LogP contribution in [0, 0.1) is 17.3 Å². The van der Waals surface area contributed by atoms with Crippen LogP contribution in [0.5, 0.6) is 0 Å². The molecule has 1 saturated heterocycles. The first-order valence-electron chi connectivity index (χ1n) is 7.38. The van der Waals surface area contributed by atoms with Crippen LogP contribution in [0.15, 0.2) is 24.5 Å². The van der Waals surface area contributed by atoms with Crippen LogP contribution < -0.4 is 11.1 Å². The quantitative estimate of drug-likeness (QED) is 0.731. The molecule has 2 aromatic heterocycles. The Balaban J connectivity index is 1.93. The van der Waals surface area contributed by atoms with Crippen molar-refractivity contribution in [3.63, 3.8) is 0 Å². The van der Waals surface area contributed by atoms with Crippen molar-refractivity contribution in [1.82, 2.24) is 15.2 Å². The van der Waals surface area contributed by atoms with Gasteiger partial charge >= 0.3 is 0 Å². The second-order valence-corrected chi connectivity index (χ2v) is 6.56. The van der Waals surface area contributed by atoms with Crippen LogP contribution in [0.3, 0.4) is 0 Å². The zero-order valence-electron chi connectivity index (χ0n) is 13.4. The van der Waals surface area contributed by atoms with E-state index >= 15 is 0 Å². The molecule has 0 aliphatic carbocycles. The van der Waals surface area contributed by atoms with Gasteiger partial charge in [0.05, 0.1) is 23.0 Å². The van der Waals surface area contributed by atoms with Crippen LogP contribution in [0.2, 0.25) is 0 Å². The van der Waals surface area contributed by atoms with Gasteiger partial charge in [-0.25, -0.2) is 0 Å². The second-order valence-electron chi connectivity index (χ2n) is 5.47. The number of pyridine rings is 1. The van der Waals surface area contributed by atoms with E-state index in [4.69, 9.17) is 11.1 Å². The summed E-state index contributed by atoms with van der Waals surface area (Å²) in [4.78, 5) is 19.3. The molecule has 24 heavy (non-hydrogen) atoms. The molecule has 0 unspecified atom stereocenters. The Morgan fingerprint density at radius 3 is 2.96 bits per heavy atom. The van der Waals surface area contributed by atoms with Crippen molar-refractivity contribution in [3.8, 4) is 22.3 Å². The van der Waals surface area contributed by atoms with Gasteiger partial charge in [0, 0.05) is 35.4 Å². The Morgan fingerprint density at radius 2 is 2.25 bits per heavy atom. The van der Waals surface area contributed by atoms with E-state index in [0.717, 1.165) is 20.9 Å². The minimum Gasteiger partial charge on any atom is -0.398 e. The zero-order valence-corrected chi connectivity index (χ0v) is 14.2. The van der Waals surface area contributed by atoms with Gasteiger partial charge in [0.25, 0.3) is 0 Å². The maximum Gasteiger partial charge on any atom is 0.231 e. The monoisotopic (exact) mass is 339 g/mol. The van der Waals surface area contributed by atoms with Crippen molar-refractivity contribution in [3.05, 3.63) is 35.0 Å². The lowest BCUT2D eigenvalue weighted by Crippen LogP contribution is -2.49. The molecule has 1 aliphatic heterocycles. The number of nitrogens with zero attached hydrogens (tertiary/aromatic N) is 2. The smallest absolute Gasteiger partial charge is 0.231 e. The summed E-state index contributed by atoms with van der Waals surface area (Å²) >= 11 is 1.51. The van der Waals surface area contributed by atoms with E-state index < -0.39 is 0 Å². The summed E-state index contributed by atoms with van der Waals surface area (Å²) in [5.74, 6) is 5.86. The van der Waals surface area contributed by atoms with E-state index in [2.05, 4.69) is 22.1 Å². The van der Waals surface area contributed by atoms with Crippen molar-refractivity contribution in [2.75, 3.05) is 12.8 Å². The van der Waals surface area contributed by atoms with Crippen LogP contribution in [0.25, 0.3) is 10.4 Å². The third-order valence-corrected chi connectivity index (χ3v) is 5.11. The number of guanidine groups is 1. The van der Waals surface area contributed by atoms with Gasteiger partial charge in [-0.05, 0) is 19.1 Å². The Hall–Kier alpha value is -2.85. The molecule has 1 atom stereocenters. The summed E-state index contributed by atoms with van der Waals surface area (Å²) in [6, 6.07) is 3.58. The number of nitrogens with one attached hydrogen (secondary N) is 2. The van der Waals surface area contributed by atoms with E-state index in [-0.39, 0.29) is 17.9 Å². The molecule has 0 saturated carbocycles. The number of nitrogen functional groups attached to an aromatic ring is 1. The molecule has 0 aromatic carbocycles. The van der Waals surface area contributed by atoms with Crippen molar-refractivity contribution in [2.45, 2.75) is 19.4 Å². The third kappa shape index (κ3) is 2.96. The van der Waals surface area contributed by atoms with Crippen LogP contribution in [-0.2, 0) is 4.79 Å². The molecule has 3 rings (SSSR count). The Kier molecular flexibility index (Phi) is 4.23. The molecule has 1 amide bonds. The van der Waals surface area contributed by atoms with E-state index in [9.17, 15) is 4.79 Å². The van der Waals surface area contributed by atoms with E-state index in [0.29, 0.717) is 12.1 Å². The van der Waals surface area contributed by atoms with Gasteiger partial charge in [0.2, 0.25) is 5.91 Å². The molecule has 2 aromatic rings. The predicted molar refractivity (Wildman–Crippen MR) is 95.5 cm³/mol. The Bertz CT molecular complexity index is 859. The lowest BCUT2D eigenvalue weighted by Gasteiger charge is -2.30. The van der Waals surface area contributed by atoms with Crippen molar-refractivity contribution < 1.29 is 4.79 Å². The SMILES string of the molecule is CC#Cc1cncc(-c2sc([C@@H]3CC(=O)N(C)C(=N)N3)cc2N)c1. The van der Waals surface area contributed by atoms with Gasteiger partial charge in [-0.2, -0.15) is 0 Å². The maximum absolute atomic E-state index is 12.0. The average Bonchev–Trinajstić information content (AvgIpc) is 2.95. The van der Waals surface area contributed by atoms with E-state index in [1.807, 2.05) is 12.1 Å². The lowest BCUT2D eigenvalue weighted by molar-refractivity contribution is -0.128. The van der Waals surface area contributed by atoms with Crippen LogP contribution in [0.4, 0.5) is 5.69 Å². The highest BCUT2D eigenvalue weighted by atomic mass is 32.1. The molecule has 6 nitrogen and oxygen atoms in total. The highest BCUT2D eigenvalue weighted by Crippen LogP contribution is 2.39. The van der Waals surface area contributed by atoms with Gasteiger partial charge < -0.3 is 11.1 Å². The predicted octanol–water partition coefficient (Wildman–Crippen LogP) is 2.19. The van der Waals surface area contributed by atoms with E-state index in [1.54, 1.807) is 26.4 Å². The Morgan fingerprint density at radius 1 is 1.46 bits per heavy atom. The van der Waals surface area contributed by atoms with Crippen LogP contribution >= 0.6 is 11.3 Å². The average molecular weight is 339 g/mol. The van der Waals surface area contributed by atoms with Gasteiger partial charge in [-0.15, -0.1) is 17.3 Å². The van der Waals surface area contributed by atoms with Gasteiger partial charge in [-0.3, -0.25) is 20.1 Å². The summed E-state index contributed by atoms with van der Waals surface area (Å²) in [7, 11) is 1.59. The van der Waals surface area contributed by atoms with E-state index in [1.165, 1.54) is 16.2 Å². The highest BCUT2D eigenvalue weighted by Gasteiger charge is 2.29. The molecule has 7 heteroatoms. The number of rotatable bonds is 2. The molecule has 0 radical (unpaired) electrons. The molecular weight excluding hydrogens is 322 g/mol. The van der Waals surface area contributed by atoms with Gasteiger partial charge in [0.1, 0.15) is 0 Å². The summed E-state index contributed by atoms with van der Waals surface area (Å²) in [5.41, 5.74) is 8.54. The van der Waals surface area contributed by atoms with Gasteiger partial charge in [0.15, 0.2) is 5.96 Å². The molecule has 0 spiro atoms. The minimum absolute atomic E-state index is 0.0841. The summed E-state index contributed by atoms with van der Waals surface area (Å²) in [6.07, 6.45) is 3.77. The number of aromatic nitrogens is 1. The maximum atomic E-state index is 12.0. The fourth-order valence-electron chi connectivity index (χ4n) is 2.52. The number of carbonyl (C=O) groups excluding carboxylic acids is 1. The first kappa shape index (κ1) is 16.0. The van der Waals surface area contributed by atoms with Crippen molar-refractivity contribution in [2.24, 2.45) is 0 Å². The molecule has 3 heterocycles. The van der Waals surface area contributed by atoms with Crippen LogP contribution in [0.1, 0.15) is 29.8 Å². The molecule has 0 bridgehead atoms. The number of amides is 1. The number of nitrogens with two attached hydrogens (primary N) is 1. The van der Waals surface area contributed by atoms with Crippen molar-refractivity contribution >= 4 is 28.9 Å². The number of thiophene rings is 1. The lowest BCUT2D eigenvalue weighted by atomic mass is 10.1. The minimum atomic E-state index is -0.228. The summed E-state index contributed by atoms with van der Waals surface area (Å²) < 4.78 is 0. The number of hydrogen-bond donors (Lipinski definition) is 3. The summed E-state index contributed by atoms with van der Waals surface area (Å²) in [5, 5.41) is 10.9. The molecular formula is C17H17N5OS. The molecule has 4 N–H and O–H groups in total. The number of anilines is 1. The zero-order chi connectivity index (χ0) is 17.3. The molecule has 1 aliphatic rings. The fraction of sp³-hybridized carbons (Fsp3) is 0.235. The second kappa shape index (κ2) is 6.34. The van der Waals surface area contributed by atoms with Gasteiger partial charge in [-0.1, -0.05) is 5.92 Å². The molecule has 1 fully saturated rings. The summed E-state index contributed by atoms with van der Waals surface area (Å²) in [6.45, 7) is 1.78. The first-order valence-corrected chi connectivity index (χ1v) is 8.20. The largest absolute Gasteiger partial charge is 0.398 e. The fourth-order valence-corrected chi connectivity index (χ4v) is 3.63. The normalized spacial score (nSPS) is 17.2.